The Balaban J connectivity index is 1.75. The van der Waals surface area contributed by atoms with Crippen LogP contribution in [0.3, 0.4) is 0 Å². The molecule has 3 aromatic rings. The normalized spacial score (nSPS) is 15.5. The molecule has 1 aromatic heterocycles. The van der Waals surface area contributed by atoms with E-state index in [1.165, 1.54) is 29.2 Å². The molecule has 1 aliphatic heterocycles. The van der Waals surface area contributed by atoms with Crippen LogP contribution in [0.1, 0.15) is 22.5 Å². The van der Waals surface area contributed by atoms with E-state index in [0.29, 0.717) is 5.69 Å². The molecule has 2 heterocycles. The predicted molar refractivity (Wildman–Crippen MR) is 123 cm³/mol. The molecule has 1 saturated heterocycles. The van der Waals surface area contributed by atoms with E-state index in [-0.39, 0.29) is 10.7 Å². The SMILES string of the molecule is Cc1ccc(-n2c(C)cc(C=C3C(=O)NC(=S)N(c4ccc(F)cc4)C3=O)c2C)cc1. The van der Waals surface area contributed by atoms with Gasteiger partial charge in [0.25, 0.3) is 11.8 Å². The second-order valence-corrected chi connectivity index (χ2v) is 7.82. The number of benzene rings is 2. The third-order valence-corrected chi connectivity index (χ3v) is 5.53. The molecule has 0 bridgehead atoms. The fourth-order valence-electron chi connectivity index (χ4n) is 3.66. The van der Waals surface area contributed by atoms with Crippen LogP contribution in [0.25, 0.3) is 11.8 Å². The van der Waals surface area contributed by atoms with Crippen molar-refractivity contribution in [2.24, 2.45) is 0 Å². The topological polar surface area (TPSA) is 54.3 Å². The van der Waals surface area contributed by atoms with E-state index in [1.807, 2.05) is 51.1 Å². The Labute approximate surface area is 184 Å². The maximum Gasteiger partial charge on any atom is 0.270 e. The number of anilines is 1. The maximum atomic E-state index is 13.3. The molecule has 0 spiro atoms. The first-order chi connectivity index (χ1) is 14.8. The van der Waals surface area contributed by atoms with E-state index in [0.717, 1.165) is 28.2 Å². The Hall–Kier alpha value is -3.58. The van der Waals surface area contributed by atoms with Gasteiger partial charge >= 0.3 is 0 Å². The lowest BCUT2D eigenvalue weighted by atomic mass is 10.1. The van der Waals surface area contributed by atoms with Gasteiger partial charge in [-0.3, -0.25) is 19.8 Å². The second-order valence-electron chi connectivity index (χ2n) is 7.43. The lowest BCUT2D eigenvalue weighted by Gasteiger charge is -2.28. The lowest BCUT2D eigenvalue weighted by molar-refractivity contribution is -0.122. The van der Waals surface area contributed by atoms with Crippen molar-refractivity contribution < 1.29 is 14.0 Å². The number of rotatable bonds is 3. The van der Waals surface area contributed by atoms with Crippen LogP contribution in [-0.4, -0.2) is 21.5 Å². The largest absolute Gasteiger partial charge is 0.318 e. The number of carbonyl (C=O) groups is 2. The summed E-state index contributed by atoms with van der Waals surface area (Å²) < 4.78 is 15.4. The minimum Gasteiger partial charge on any atom is -0.318 e. The first kappa shape index (κ1) is 20.7. The van der Waals surface area contributed by atoms with Crippen molar-refractivity contribution in [1.82, 2.24) is 9.88 Å². The zero-order chi connectivity index (χ0) is 22.3. The summed E-state index contributed by atoms with van der Waals surface area (Å²) in [5.41, 5.74) is 5.13. The fraction of sp³-hybridized carbons (Fsp3) is 0.125. The molecule has 2 amide bonds. The van der Waals surface area contributed by atoms with Crippen LogP contribution in [0.15, 0.2) is 60.2 Å². The first-order valence-electron chi connectivity index (χ1n) is 9.69. The zero-order valence-electron chi connectivity index (χ0n) is 17.3. The molecule has 1 aliphatic rings. The van der Waals surface area contributed by atoms with Crippen LogP contribution >= 0.6 is 12.2 Å². The van der Waals surface area contributed by atoms with E-state index in [9.17, 15) is 14.0 Å². The minimum atomic E-state index is -0.562. The van der Waals surface area contributed by atoms with E-state index >= 15 is 0 Å². The number of hydrogen-bond acceptors (Lipinski definition) is 3. The summed E-state index contributed by atoms with van der Waals surface area (Å²) in [4.78, 5) is 26.9. The molecular formula is C24H20FN3O2S. The van der Waals surface area contributed by atoms with Gasteiger partial charge in [0.1, 0.15) is 11.4 Å². The van der Waals surface area contributed by atoms with Gasteiger partial charge in [-0.1, -0.05) is 17.7 Å². The average Bonchev–Trinajstić information content (AvgIpc) is 3.00. The second kappa shape index (κ2) is 7.92. The number of amides is 2. The molecule has 1 fully saturated rings. The van der Waals surface area contributed by atoms with Gasteiger partial charge in [0, 0.05) is 17.1 Å². The smallest absolute Gasteiger partial charge is 0.270 e. The highest BCUT2D eigenvalue weighted by atomic mass is 32.1. The molecule has 5 nitrogen and oxygen atoms in total. The number of carbonyl (C=O) groups excluding carboxylic acids is 2. The number of nitrogens with zero attached hydrogens (tertiary/aromatic N) is 2. The molecular weight excluding hydrogens is 413 g/mol. The Morgan fingerprint density at radius 3 is 2.19 bits per heavy atom. The number of nitrogens with one attached hydrogen (secondary N) is 1. The van der Waals surface area contributed by atoms with Gasteiger partial charge in [0.2, 0.25) is 0 Å². The molecule has 31 heavy (non-hydrogen) atoms. The Morgan fingerprint density at radius 2 is 1.55 bits per heavy atom. The van der Waals surface area contributed by atoms with Crippen molar-refractivity contribution in [3.8, 4) is 5.69 Å². The van der Waals surface area contributed by atoms with Crippen molar-refractivity contribution in [2.45, 2.75) is 20.8 Å². The van der Waals surface area contributed by atoms with Crippen LogP contribution in [-0.2, 0) is 9.59 Å². The highest BCUT2D eigenvalue weighted by Gasteiger charge is 2.34. The van der Waals surface area contributed by atoms with Gasteiger partial charge in [-0.2, -0.15) is 0 Å². The van der Waals surface area contributed by atoms with Crippen molar-refractivity contribution in [2.75, 3.05) is 4.90 Å². The van der Waals surface area contributed by atoms with Gasteiger partial charge in [-0.05, 0) is 87.1 Å². The standard InChI is InChI=1S/C24H20FN3O2S/c1-14-4-8-19(9-5-14)27-15(2)12-17(16(27)3)13-21-22(29)26-24(31)28(23(21)30)20-10-6-18(25)7-11-20/h4-13H,1-3H3,(H,26,29,31). The third-order valence-electron chi connectivity index (χ3n) is 5.25. The molecule has 4 rings (SSSR count). The molecule has 7 heteroatoms. The van der Waals surface area contributed by atoms with E-state index in [4.69, 9.17) is 12.2 Å². The van der Waals surface area contributed by atoms with E-state index < -0.39 is 17.6 Å². The first-order valence-corrected chi connectivity index (χ1v) is 10.1. The summed E-state index contributed by atoms with van der Waals surface area (Å²) in [7, 11) is 0. The summed E-state index contributed by atoms with van der Waals surface area (Å²) in [5.74, 6) is -1.54. The number of thiocarbonyl (C=S) groups is 1. The number of halogens is 1. The summed E-state index contributed by atoms with van der Waals surface area (Å²) in [6, 6.07) is 15.4. The molecule has 0 unspecified atom stereocenters. The molecule has 0 atom stereocenters. The van der Waals surface area contributed by atoms with Crippen molar-refractivity contribution in [3.63, 3.8) is 0 Å². The average molecular weight is 434 g/mol. The van der Waals surface area contributed by atoms with Crippen LogP contribution < -0.4 is 10.2 Å². The van der Waals surface area contributed by atoms with Gasteiger partial charge < -0.3 is 4.57 Å². The zero-order valence-corrected chi connectivity index (χ0v) is 18.1. The molecule has 1 N–H and O–H groups in total. The van der Waals surface area contributed by atoms with E-state index in [1.54, 1.807) is 6.08 Å². The third kappa shape index (κ3) is 3.80. The van der Waals surface area contributed by atoms with Gasteiger partial charge in [0.05, 0.1) is 5.69 Å². The maximum absolute atomic E-state index is 13.3. The van der Waals surface area contributed by atoms with Gasteiger partial charge in [-0.25, -0.2) is 4.39 Å². The van der Waals surface area contributed by atoms with Gasteiger partial charge in [-0.15, -0.1) is 0 Å². The minimum absolute atomic E-state index is 0.0381. The fourth-order valence-corrected chi connectivity index (χ4v) is 3.94. The predicted octanol–water partition coefficient (Wildman–Crippen LogP) is 4.37. The van der Waals surface area contributed by atoms with Crippen LogP contribution in [0, 0.1) is 26.6 Å². The number of aryl methyl sites for hydroxylation is 2. The highest BCUT2D eigenvalue weighted by molar-refractivity contribution is 7.80. The summed E-state index contributed by atoms with van der Waals surface area (Å²) in [6.45, 7) is 5.93. The highest BCUT2D eigenvalue weighted by Crippen LogP contribution is 2.26. The number of hydrogen-bond donors (Lipinski definition) is 1. The summed E-state index contributed by atoms with van der Waals surface area (Å²) >= 11 is 5.19. The van der Waals surface area contributed by atoms with Crippen LogP contribution in [0.4, 0.5) is 10.1 Å². The van der Waals surface area contributed by atoms with Crippen LogP contribution in [0.5, 0.6) is 0 Å². The Morgan fingerprint density at radius 1 is 0.935 bits per heavy atom. The summed E-state index contributed by atoms with van der Waals surface area (Å²) in [5, 5.41) is 2.51. The Bertz CT molecular complexity index is 1240. The molecule has 0 saturated carbocycles. The summed E-state index contributed by atoms with van der Waals surface area (Å²) in [6.07, 6.45) is 1.57. The Kier molecular flexibility index (Phi) is 5.29. The van der Waals surface area contributed by atoms with Crippen LogP contribution in [0.2, 0.25) is 0 Å². The molecule has 156 valence electrons. The molecule has 2 aromatic carbocycles. The molecule has 0 radical (unpaired) electrons. The quantitative estimate of drug-likeness (QED) is 0.379. The van der Waals surface area contributed by atoms with Crippen molar-refractivity contribution in [1.29, 1.82) is 0 Å². The lowest BCUT2D eigenvalue weighted by Crippen LogP contribution is -2.54. The van der Waals surface area contributed by atoms with Crippen molar-refractivity contribution >= 4 is 40.9 Å². The van der Waals surface area contributed by atoms with Crippen molar-refractivity contribution in [3.05, 3.63) is 88.5 Å². The molecule has 0 aliphatic carbocycles. The van der Waals surface area contributed by atoms with Gasteiger partial charge in [0.15, 0.2) is 5.11 Å². The van der Waals surface area contributed by atoms with E-state index in [2.05, 4.69) is 9.88 Å². The number of aromatic nitrogens is 1. The monoisotopic (exact) mass is 433 g/mol.